The first kappa shape index (κ1) is 13.0. The summed E-state index contributed by atoms with van der Waals surface area (Å²) in [6.07, 6.45) is 0. The number of nitro benzene ring substituents is 1. The summed E-state index contributed by atoms with van der Waals surface area (Å²) in [5.74, 6) is 0.231. The number of hydrogen-bond donors (Lipinski definition) is 0. The van der Waals surface area contributed by atoms with Gasteiger partial charge in [0, 0.05) is 6.07 Å². The van der Waals surface area contributed by atoms with Crippen LogP contribution in [0.25, 0.3) is 0 Å². The van der Waals surface area contributed by atoms with Crippen molar-refractivity contribution >= 4 is 22.5 Å². The van der Waals surface area contributed by atoms with E-state index in [0.29, 0.717) is 5.75 Å². The average molecular weight is 278 g/mol. The summed E-state index contributed by atoms with van der Waals surface area (Å²) in [5, 5.41) is 10.1. The molecule has 0 amide bonds. The van der Waals surface area contributed by atoms with Gasteiger partial charge >= 0.3 is 5.69 Å². The molecule has 0 unspecified atom stereocenters. The molecule has 0 saturated heterocycles. The summed E-state index contributed by atoms with van der Waals surface area (Å²) in [5.41, 5.74) is -0.352. The lowest BCUT2D eigenvalue weighted by molar-refractivity contribution is -0.385. The van der Waals surface area contributed by atoms with Crippen LogP contribution in [-0.2, 0) is 0 Å². The minimum atomic E-state index is -0.811. The number of nitrogens with zero attached hydrogens (tertiary/aromatic N) is 1. The Labute approximate surface area is 113 Å². The number of hydrogen-bond acceptors (Lipinski definition) is 4. The van der Waals surface area contributed by atoms with Crippen molar-refractivity contribution in [2.75, 3.05) is 0 Å². The van der Waals surface area contributed by atoms with Crippen LogP contribution >= 0.6 is 11.6 Å². The Kier molecular flexibility index (Phi) is 3.77. The van der Waals surface area contributed by atoms with E-state index in [9.17, 15) is 14.9 Å². The molecule has 0 N–H and O–H groups in total. The normalized spacial score (nSPS) is 9.95. The monoisotopic (exact) mass is 277 g/mol. The zero-order valence-corrected chi connectivity index (χ0v) is 10.3. The Morgan fingerprint density at radius 1 is 1.11 bits per heavy atom. The molecular weight excluding hydrogens is 270 g/mol. The maximum atomic E-state index is 11.3. The fourth-order valence-corrected chi connectivity index (χ4v) is 1.69. The number of para-hydroxylation sites is 2. The lowest BCUT2D eigenvalue weighted by Gasteiger charge is -2.08. The number of nitro groups is 1. The van der Waals surface area contributed by atoms with Gasteiger partial charge in [-0.1, -0.05) is 24.3 Å². The van der Waals surface area contributed by atoms with Crippen LogP contribution in [0.15, 0.2) is 48.5 Å². The summed E-state index contributed by atoms with van der Waals surface area (Å²) >= 11 is 5.41. The fraction of sp³-hybridized carbons (Fsp3) is 0. The van der Waals surface area contributed by atoms with Gasteiger partial charge in [0.15, 0.2) is 0 Å². The predicted octanol–water partition coefficient (Wildman–Crippen LogP) is 3.77. The number of rotatable bonds is 4. The number of carbonyl (C=O) groups is 1. The van der Waals surface area contributed by atoms with Gasteiger partial charge in [0.1, 0.15) is 5.75 Å². The second-order valence-corrected chi connectivity index (χ2v) is 3.94. The van der Waals surface area contributed by atoms with Crippen LogP contribution in [0.1, 0.15) is 10.4 Å². The highest BCUT2D eigenvalue weighted by molar-refractivity contribution is 6.68. The van der Waals surface area contributed by atoms with Crippen LogP contribution < -0.4 is 4.74 Å². The summed E-state index contributed by atoms with van der Waals surface area (Å²) in [6, 6.07) is 12.5. The van der Waals surface area contributed by atoms with Crippen LogP contribution in [0.4, 0.5) is 5.69 Å². The average Bonchev–Trinajstić information content (AvgIpc) is 2.39. The summed E-state index contributed by atoms with van der Waals surface area (Å²) < 4.78 is 5.42. The predicted molar refractivity (Wildman–Crippen MR) is 69.8 cm³/mol. The molecular formula is C13H8ClNO4. The maximum Gasteiger partial charge on any atom is 0.312 e. The highest BCUT2D eigenvalue weighted by Crippen LogP contribution is 2.35. The molecule has 0 aliphatic carbocycles. The Morgan fingerprint density at radius 3 is 2.37 bits per heavy atom. The van der Waals surface area contributed by atoms with E-state index in [1.165, 1.54) is 18.2 Å². The molecule has 0 aliphatic rings. The molecule has 0 saturated carbocycles. The zero-order chi connectivity index (χ0) is 13.8. The Morgan fingerprint density at radius 2 is 1.79 bits per heavy atom. The van der Waals surface area contributed by atoms with Crippen molar-refractivity contribution in [3.63, 3.8) is 0 Å². The maximum absolute atomic E-state index is 11.3. The van der Waals surface area contributed by atoms with Crippen molar-refractivity contribution in [2.24, 2.45) is 0 Å². The third-order valence-corrected chi connectivity index (χ3v) is 2.57. The molecule has 0 bridgehead atoms. The van der Waals surface area contributed by atoms with E-state index in [0.717, 1.165) is 0 Å². The Hall–Kier alpha value is -2.40. The van der Waals surface area contributed by atoms with Crippen molar-refractivity contribution in [2.45, 2.75) is 0 Å². The second kappa shape index (κ2) is 5.49. The van der Waals surface area contributed by atoms with Crippen LogP contribution in [-0.4, -0.2) is 10.2 Å². The molecule has 0 radical (unpaired) electrons. The number of benzene rings is 2. The fourth-order valence-electron chi connectivity index (χ4n) is 1.54. The first-order chi connectivity index (χ1) is 9.09. The van der Waals surface area contributed by atoms with Gasteiger partial charge in [-0.25, -0.2) is 0 Å². The van der Waals surface area contributed by atoms with E-state index in [1.54, 1.807) is 30.3 Å². The number of carbonyl (C=O) groups excluding carboxylic acids is 1. The van der Waals surface area contributed by atoms with Gasteiger partial charge in [0.05, 0.1) is 10.5 Å². The standard InChI is InChI=1S/C13H8ClNO4/c14-13(16)10-7-4-8-11(15(17)18)12(10)19-9-5-2-1-3-6-9/h1-8H. The van der Waals surface area contributed by atoms with Gasteiger partial charge in [-0.2, -0.15) is 0 Å². The minimum Gasteiger partial charge on any atom is -0.449 e. The largest absolute Gasteiger partial charge is 0.449 e. The molecule has 2 aromatic rings. The van der Waals surface area contributed by atoms with E-state index >= 15 is 0 Å². The van der Waals surface area contributed by atoms with Crippen LogP contribution in [0.5, 0.6) is 11.5 Å². The summed E-state index contributed by atoms with van der Waals surface area (Å²) in [6.45, 7) is 0. The van der Waals surface area contributed by atoms with E-state index in [1.807, 2.05) is 0 Å². The molecule has 0 fully saturated rings. The molecule has 6 heteroatoms. The molecule has 5 nitrogen and oxygen atoms in total. The molecule has 0 spiro atoms. The molecule has 2 aromatic carbocycles. The molecule has 0 heterocycles. The van der Waals surface area contributed by atoms with Gasteiger partial charge in [-0.05, 0) is 29.8 Å². The van der Waals surface area contributed by atoms with Gasteiger partial charge in [0.25, 0.3) is 5.24 Å². The summed E-state index contributed by atoms with van der Waals surface area (Å²) in [7, 11) is 0. The Bertz CT molecular complexity index is 596. The van der Waals surface area contributed by atoms with E-state index < -0.39 is 10.2 Å². The van der Waals surface area contributed by atoms with Gasteiger partial charge in [-0.15, -0.1) is 0 Å². The van der Waals surface area contributed by atoms with Gasteiger partial charge in [0.2, 0.25) is 5.75 Å². The number of halogens is 1. The number of ether oxygens (including phenoxy) is 1. The van der Waals surface area contributed by atoms with E-state index in [4.69, 9.17) is 16.3 Å². The molecule has 19 heavy (non-hydrogen) atoms. The van der Waals surface area contributed by atoms with Gasteiger partial charge < -0.3 is 4.74 Å². The smallest absolute Gasteiger partial charge is 0.312 e. The molecule has 0 aromatic heterocycles. The van der Waals surface area contributed by atoms with Crippen molar-refractivity contribution in [3.8, 4) is 11.5 Å². The van der Waals surface area contributed by atoms with E-state index in [-0.39, 0.29) is 17.0 Å². The minimum absolute atomic E-state index is 0.0419. The highest BCUT2D eigenvalue weighted by atomic mass is 35.5. The third-order valence-electron chi connectivity index (χ3n) is 2.37. The zero-order valence-electron chi connectivity index (χ0n) is 9.58. The quantitative estimate of drug-likeness (QED) is 0.484. The Balaban J connectivity index is 2.52. The first-order valence-electron chi connectivity index (χ1n) is 5.29. The molecule has 96 valence electrons. The first-order valence-corrected chi connectivity index (χ1v) is 5.67. The van der Waals surface area contributed by atoms with E-state index in [2.05, 4.69) is 0 Å². The highest BCUT2D eigenvalue weighted by Gasteiger charge is 2.22. The third kappa shape index (κ3) is 2.89. The molecule has 0 aliphatic heterocycles. The van der Waals surface area contributed by atoms with Crippen LogP contribution in [0, 0.1) is 10.1 Å². The second-order valence-electron chi connectivity index (χ2n) is 3.60. The van der Waals surface area contributed by atoms with Crippen LogP contribution in [0.2, 0.25) is 0 Å². The summed E-state index contributed by atoms with van der Waals surface area (Å²) in [4.78, 5) is 21.6. The van der Waals surface area contributed by atoms with Crippen molar-refractivity contribution in [3.05, 3.63) is 64.2 Å². The van der Waals surface area contributed by atoms with Crippen LogP contribution in [0.3, 0.4) is 0 Å². The van der Waals surface area contributed by atoms with Crippen molar-refractivity contribution in [1.82, 2.24) is 0 Å². The lowest BCUT2D eigenvalue weighted by atomic mass is 10.2. The molecule has 2 rings (SSSR count). The van der Waals surface area contributed by atoms with Crippen molar-refractivity contribution < 1.29 is 14.5 Å². The molecule has 0 atom stereocenters. The van der Waals surface area contributed by atoms with Gasteiger partial charge in [-0.3, -0.25) is 14.9 Å². The lowest BCUT2D eigenvalue weighted by Crippen LogP contribution is -1.99. The SMILES string of the molecule is O=C(Cl)c1cccc([N+](=O)[O-])c1Oc1ccccc1. The topological polar surface area (TPSA) is 69.4 Å². The van der Waals surface area contributed by atoms with Crippen molar-refractivity contribution in [1.29, 1.82) is 0 Å².